The largest absolute Gasteiger partial charge is 0.478 e. The van der Waals surface area contributed by atoms with Crippen LogP contribution in [0.25, 0.3) is 0 Å². The molecular formula is C18H21NO4. The molecule has 1 amide bonds. The number of hydrogen-bond donors (Lipinski definition) is 1. The molecule has 0 unspecified atom stereocenters. The first-order valence-corrected chi connectivity index (χ1v) is 7.59. The molecule has 1 N–H and O–H groups in total. The van der Waals surface area contributed by atoms with Gasteiger partial charge in [-0.05, 0) is 23.6 Å². The van der Waals surface area contributed by atoms with Crippen LogP contribution in [0.4, 0.5) is 5.69 Å². The summed E-state index contributed by atoms with van der Waals surface area (Å²) >= 11 is 0. The van der Waals surface area contributed by atoms with Crippen LogP contribution < -0.4 is 4.90 Å². The van der Waals surface area contributed by atoms with E-state index in [1.165, 1.54) is 16.5 Å². The Morgan fingerprint density at radius 1 is 1.22 bits per heavy atom. The molecule has 1 heterocycles. The number of aromatic carboxylic acids is 1. The number of anilines is 1. The van der Waals surface area contributed by atoms with Crippen molar-refractivity contribution in [1.82, 2.24) is 0 Å². The third-order valence-corrected chi connectivity index (χ3v) is 3.82. The first kappa shape index (κ1) is 16.8. The molecule has 23 heavy (non-hydrogen) atoms. The van der Waals surface area contributed by atoms with Crippen molar-refractivity contribution in [2.75, 3.05) is 11.9 Å². The molecule has 5 nitrogen and oxygen atoms in total. The van der Waals surface area contributed by atoms with Gasteiger partial charge in [-0.2, -0.15) is 0 Å². The minimum atomic E-state index is -1.09. The zero-order valence-corrected chi connectivity index (χ0v) is 13.8. The van der Waals surface area contributed by atoms with Gasteiger partial charge in [-0.1, -0.05) is 32.9 Å². The molecule has 0 fully saturated rings. The Hall–Kier alpha value is -2.56. The summed E-state index contributed by atoms with van der Waals surface area (Å²) in [6, 6.07) is 8.99. The van der Waals surface area contributed by atoms with E-state index in [4.69, 9.17) is 9.52 Å². The summed E-state index contributed by atoms with van der Waals surface area (Å²) in [5.41, 5.74) is 1.96. The summed E-state index contributed by atoms with van der Waals surface area (Å²) in [6.07, 6.45) is 0.418. The van der Waals surface area contributed by atoms with Crippen molar-refractivity contribution in [1.29, 1.82) is 0 Å². The van der Waals surface area contributed by atoms with Gasteiger partial charge in [0.1, 0.15) is 11.3 Å². The quantitative estimate of drug-likeness (QED) is 0.907. The van der Waals surface area contributed by atoms with Gasteiger partial charge in [-0.25, -0.2) is 4.79 Å². The third-order valence-electron chi connectivity index (χ3n) is 3.82. The molecule has 122 valence electrons. The van der Waals surface area contributed by atoms with Crippen LogP contribution in [0.5, 0.6) is 0 Å². The average molecular weight is 315 g/mol. The van der Waals surface area contributed by atoms with Gasteiger partial charge in [-0.3, -0.25) is 4.79 Å². The average Bonchev–Trinajstić information content (AvgIpc) is 2.98. The minimum Gasteiger partial charge on any atom is -0.478 e. The van der Waals surface area contributed by atoms with Crippen LogP contribution in [0.2, 0.25) is 0 Å². The van der Waals surface area contributed by atoms with E-state index in [1.807, 2.05) is 24.3 Å². The normalized spacial score (nSPS) is 10.8. The standard InChI is InChI=1S/C18H21NO4/c1-5-15-14(18(21)22)10-16(23-15)17(20)19(4)13-8-6-12(7-9-13)11(2)3/h6-11H,5H2,1-4H3,(H,21,22). The van der Waals surface area contributed by atoms with Crippen LogP contribution in [0.15, 0.2) is 34.7 Å². The lowest BCUT2D eigenvalue weighted by Crippen LogP contribution is -2.25. The van der Waals surface area contributed by atoms with Crippen molar-refractivity contribution >= 4 is 17.6 Å². The van der Waals surface area contributed by atoms with Gasteiger partial charge in [0.15, 0.2) is 5.76 Å². The molecule has 0 aliphatic rings. The van der Waals surface area contributed by atoms with Crippen molar-refractivity contribution in [3.8, 4) is 0 Å². The second kappa shape index (κ2) is 6.69. The van der Waals surface area contributed by atoms with E-state index in [0.29, 0.717) is 18.1 Å². The lowest BCUT2D eigenvalue weighted by molar-refractivity contribution is 0.0694. The fourth-order valence-corrected chi connectivity index (χ4v) is 2.34. The number of carbonyl (C=O) groups is 2. The number of hydrogen-bond acceptors (Lipinski definition) is 3. The number of carbonyl (C=O) groups excluding carboxylic acids is 1. The Balaban J connectivity index is 2.27. The number of benzene rings is 1. The van der Waals surface area contributed by atoms with Crippen molar-refractivity contribution in [2.24, 2.45) is 0 Å². The number of carboxylic acids is 1. The summed E-state index contributed by atoms with van der Waals surface area (Å²) in [4.78, 5) is 25.1. The molecule has 0 saturated heterocycles. The zero-order valence-electron chi connectivity index (χ0n) is 13.8. The highest BCUT2D eigenvalue weighted by Gasteiger charge is 2.23. The maximum absolute atomic E-state index is 12.5. The van der Waals surface area contributed by atoms with Gasteiger partial charge in [0.2, 0.25) is 0 Å². The summed E-state index contributed by atoms with van der Waals surface area (Å²) in [5, 5.41) is 9.15. The summed E-state index contributed by atoms with van der Waals surface area (Å²) in [7, 11) is 1.64. The molecule has 0 aliphatic heterocycles. The molecule has 1 aromatic carbocycles. The number of carboxylic acid groups (broad SMARTS) is 1. The van der Waals surface area contributed by atoms with Crippen LogP contribution in [-0.4, -0.2) is 24.0 Å². The summed E-state index contributed by atoms with van der Waals surface area (Å²) < 4.78 is 5.42. The van der Waals surface area contributed by atoms with E-state index in [2.05, 4.69) is 13.8 Å². The Morgan fingerprint density at radius 2 is 1.83 bits per heavy atom. The van der Waals surface area contributed by atoms with E-state index in [-0.39, 0.29) is 17.2 Å². The molecule has 1 aromatic heterocycles. The molecule has 2 aromatic rings. The van der Waals surface area contributed by atoms with Gasteiger partial charge in [0, 0.05) is 25.2 Å². The lowest BCUT2D eigenvalue weighted by atomic mass is 10.0. The van der Waals surface area contributed by atoms with Crippen molar-refractivity contribution in [3.05, 3.63) is 53.0 Å². The second-order valence-corrected chi connectivity index (χ2v) is 5.72. The van der Waals surface area contributed by atoms with Crippen molar-refractivity contribution in [3.63, 3.8) is 0 Å². The van der Waals surface area contributed by atoms with Crippen molar-refractivity contribution < 1.29 is 19.1 Å². The van der Waals surface area contributed by atoms with E-state index < -0.39 is 5.97 Å². The lowest BCUT2D eigenvalue weighted by Gasteiger charge is -2.17. The van der Waals surface area contributed by atoms with Gasteiger partial charge < -0.3 is 14.4 Å². The smallest absolute Gasteiger partial charge is 0.339 e. The third kappa shape index (κ3) is 3.44. The number of rotatable bonds is 5. The van der Waals surface area contributed by atoms with E-state index in [9.17, 15) is 9.59 Å². The van der Waals surface area contributed by atoms with Crippen LogP contribution in [0.3, 0.4) is 0 Å². The molecule has 5 heteroatoms. The summed E-state index contributed by atoms with van der Waals surface area (Å²) in [6.45, 7) is 5.99. The van der Waals surface area contributed by atoms with E-state index in [0.717, 1.165) is 5.69 Å². The number of furan rings is 1. The monoisotopic (exact) mass is 315 g/mol. The fourth-order valence-electron chi connectivity index (χ4n) is 2.34. The van der Waals surface area contributed by atoms with E-state index in [1.54, 1.807) is 14.0 Å². The highest BCUT2D eigenvalue weighted by molar-refractivity contribution is 6.05. The SMILES string of the molecule is CCc1oc(C(=O)N(C)c2ccc(C(C)C)cc2)cc1C(=O)O. The Kier molecular flexibility index (Phi) is 4.89. The predicted molar refractivity (Wildman–Crippen MR) is 88.3 cm³/mol. The molecule has 2 rings (SSSR count). The first-order valence-electron chi connectivity index (χ1n) is 7.59. The fraction of sp³-hybridized carbons (Fsp3) is 0.333. The van der Waals surface area contributed by atoms with Crippen LogP contribution >= 0.6 is 0 Å². The Morgan fingerprint density at radius 3 is 2.26 bits per heavy atom. The zero-order chi connectivity index (χ0) is 17.1. The molecule has 0 bridgehead atoms. The van der Waals surface area contributed by atoms with Gasteiger partial charge in [-0.15, -0.1) is 0 Å². The van der Waals surface area contributed by atoms with Gasteiger partial charge in [0.05, 0.1) is 0 Å². The van der Waals surface area contributed by atoms with Crippen LogP contribution in [-0.2, 0) is 6.42 Å². The van der Waals surface area contributed by atoms with E-state index >= 15 is 0 Å². The Labute approximate surface area is 135 Å². The molecule has 0 spiro atoms. The molecule has 0 aliphatic carbocycles. The van der Waals surface area contributed by atoms with Crippen LogP contribution in [0.1, 0.15) is 58.9 Å². The van der Waals surface area contributed by atoms with Gasteiger partial charge in [0.25, 0.3) is 5.91 Å². The van der Waals surface area contributed by atoms with Crippen LogP contribution in [0, 0.1) is 0 Å². The number of amides is 1. The second-order valence-electron chi connectivity index (χ2n) is 5.72. The summed E-state index contributed by atoms with van der Waals surface area (Å²) in [5.74, 6) is -0.697. The number of nitrogens with zero attached hydrogens (tertiary/aromatic N) is 1. The minimum absolute atomic E-state index is 0.0367. The highest BCUT2D eigenvalue weighted by Crippen LogP contribution is 2.23. The maximum Gasteiger partial charge on any atom is 0.339 e. The number of aryl methyl sites for hydroxylation is 1. The Bertz CT molecular complexity index is 713. The topological polar surface area (TPSA) is 70.8 Å². The molecule has 0 saturated carbocycles. The van der Waals surface area contributed by atoms with Gasteiger partial charge >= 0.3 is 5.97 Å². The molecule has 0 atom stereocenters. The predicted octanol–water partition coefficient (Wildman–Crippen LogP) is 3.94. The first-order chi connectivity index (χ1) is 10.8. The molecule has 0 radical (unpaired) electrons. The van der Waals surface area contributed by atoms with Crippen molar-refractivity contribution in [2.45, 2.75) is 33.1 Å². The highest BCUT2D eigenvalue weighted by atomic mass is 16.4. The maximum atomic E-state index is 12.5. The molecular weight excluding hydrogens is 294 g/mol.